The maximum Gasteiger partial charge on any atom is -0.00744 e. The molecule has 0 fully saturated rings. The van der Waals surface area contributed by atoms with Crippen molar-refractivity contribution in [3.63, 3.8) is 0 Å². The van der Waals surface area contributed by atoms with Gasteiger partial charge in [-0.1, -0.05) is 12.2 Å². The van der Waals surface area contributed by atoms with E-state index in [9.17, 15) is 0 Å². The van der Waals surface area contributed by atoms with Gasteiger partial charge in [0.05, 0.1) is 0 Å². The van der Waals surface area contributed by atoms with E-state index < -0.39 is 0 Å². The highest BCUT2D eigenvalue weighted by atomic mass is 14.5. The van der Waals surface area contributed by atoms with E-state index in [2.05, 4.69) is 13.2 Å². The van der Waals surface area contributed by atoms with Gasteiger partial charge in [0.25, 0.3) is 0 Å². The minimum Gasteiger partial charge on any atom is -0.330 e. The minimum atomic E-state index is 0.667. The lowest BCUT2D eigenvalue weighted by Gasteiger charge is -2.09. The highest BCUT2D eigenvalue weighted by molar-refractivity contribution is 4.79. The molecule has 0 radical (unpaired) electrons. The first kappa shape index (κ1) is 9.44. The molecule has 0 saturated heterocycles. The summed E-state index contributed by atoms with van der Waals surface area (Å²) in [5.41, 5.74) is 5.42. The van der Waals surface area contributed by atoms with Crippen LogP contribution < -0.4 is 5.73 Å². The molecule has 0 aliphatic heterocycles. The highest BCUT2D eigenvalue weighted by Gasteiger charge is 2.01. The van der Waals surface area contributed by atoms with E-state index in [1.807, 2.05) is 12.2 Å². The Kier molecular flexibility index (Phi) is 6.19. The Morgan fingerprint density at radius 3 is 2.00 bits per heavy atom. The molecule has 2 N–H and O–H groups in total. The molecule has 0 aromatic rings. The van der Waals surface area contributed by atoms with Crippen LogP contribution in [0.25, 0.3) is 0 Å². The van der Waals surface area contributed by atoms with Gasteiger partial charge in [-0.2, -0.15) is 0 Å². The molecule has 58 valence electrons. The smallest absolute Gasteiger partial charge is 0.00744 e. The predicted octanol–water partition coefficient (Wildman–Crippen LogP) is 2.10. The number of hydrogen-bond acceptors (Lipinski definition) is 1. The van der Waals surface area contributed by atoms with Crippen molar-refractivity contribution in [1.29, 1.82) is 0 Å². The molecular formula is C9H17N. The Morgan fingerprint density at radius 1 is 1.20 bits per heavy atom. The van der Waals surface area contributed by atoms with Gasteiger partial charge in [0.1, 0.15) is 0 Å². The monoisotopic (exact) mass is 139 g/mol. The van der Waals surface area contributed by atoms with Gasteiger partial charge < -0.3 is 5.73 Å². The first-order chi connectivity index (χ1) is 4.85. The first-order valence-electron chi connectivity index (χ1n) is 3.77. The molecule has 0 unspecified atom stereocenters. The minimum absolute atomic E-state index is 0.667. The summed E-state index contributed by atoms with van der Waals surface area (Å²) in [6.07, 6.45) is 7.10. The van der Waals surface area contributed by atoms with Crippen molar-refractivity contribution in [2.45, 2.75) is 19.3 Å². The summed E-state index contributed by atoms with van der Waals surface area (Å²) < 4.78 is 0. The zero-order chi connectivity index (χ0) is 7.82. The van der Waals surface area contributed by atoms with E-state index >= 15 is 0 Å². The molecule has 0 aromatic heterocycles. The molecule has 0 aliphatic rings. The van der Waals surface area contributed by atoms with Crippen molar-refractivity contribution in [2.75, 3.05) is 6.54 Å². The Balaban J connectivity index is 3.48. The third kappa shape index (κ3) is 4.33. The second kappa shape index (κ2) is 6.56. The summed E-state index contributed by atoms with van der Waals surface area (Å²) in [5, 5.41) is 0. The van der Waals surface area contributed by atoms with E-state index in [0.29, 0.717) is 5.92 Å². The molecule has 1 heteroatoms. The lowest BCUT2D eigenvalue weighted by atomic mass is 9.98. The second-order valence-corrected chi connectivity index (χ2v) is 2.49. The van der Waals surface area contributed by atoms with Gasteiger partial charge in [-0.3, -0.25) is 0 Å². The molecule has 0 bridgehead atoms. The van der Waals surface area contributed by atoms with Crippen molar-refractivity contribution in [3.8, 4) is 0 Å². The maximum absolute atomic E-state index is 5.42. The van der Waals surface area contributed by atoms with E-state index in [4.69, 9.17) is 5.73 Å². The van der Waals surface area contributed by atoms with Crippen LogP contribution in [0.4, 0.5) is 0 Å². The molecule has 0 heterocycles. The molecule has 10 heavy (non-hydrogen) atoms. The van der Waals surface area contributed by atoms with Crippen LogP contribution in [0.3, 0.4) is 0 Å². The Bertz CT molecular complexity index is 86.9. The molecule has 0 amide bonds. The van der Waals surface area contributed by atoms with Gasteiger partial charge in [0.2, 0.25) is 0 Å². The van der Waals surface area contributed by atoms with Gasteiger partial charge in [-0.15, -0.1) is 13.2 Å². The molecule has 0 spiro atoms. The maximum atomic E-state index is 5.42. The average molecular weight is 139 g/mol. The summed E-state index contributed by atoms with van der Waals surface area (Å²) in [7, 11) is 0. The van der Waals surface area contributed by atoms with Crippen molar-refractivity contribution in [2.24, 2.45) is 11.7 Å². The van der Waals surface area contributed by atoms with Gasteiger partial charge >= 0.3 is 0 Å². The van der Waals surface area contributed by atoms with Gasteiger partial charge in [-0.25, -0.2) is 0 Å². The fourth-order valence-corrected chi connectivity index (χ4v) is 1.04. The van der Waals surface area contributed by atoms with Crippen LogP contribution in [0.2, 0.25) is 0 Å². The lowest BCUT2D eigenvalue weighted by molar-refractivity contribution is 0.506. The summed E-state index contributed by atoms with van der Waals surface area (Å²) >= 11 is 0. The highest BCUT2D eigenvalue weighted by Crippen LogP contribution is 2.12. The topological polar surface area (TPSA) is 26.0 Å². The largest absolute Gasteiger partial charge is 0.330 e. The average Bonchev–Trinajstić information content (AvgIpc) is 1.90. The lowest BCUT2D eigenvalue weighted by Crippen LogP contribution is -2.07. The number of rotatable bonds is 6. The molecule has 0 saturated carbocycles. The van der Waals surface area contributed by atoms with Crippen LogP contribution in [-0.2, 0) is 0 Å². The first-order valence-corrected chi connectivity index (χ1v) is 3.77. The molecule has 1 nitrogen and oxygen atoms in total. The van der Waals surface area contributed by atoms with Crippen molar-refractivity contribution in [3.05, 3.63) is 25.3 Å². The number of allylic oxidation sites excluding steroid dienone is 2. The van der Waals surface area contributed by atoms with Crippen LogP contribution in [0.5, 0.6) is 0 Å². The number of hydrogen-bond donors (Lipinski definition) is 1. The van der Waals surface area contributed by atoms with Gasteiger partial charge in [0, 0.05) is 0 Å². The summed E-state index contributed by atoms with van der Waals surface area (Å²) in [6, 6.07) is 0. The van der Waals surface area contributed by atoms with Crippen LogP contribution in [-0.4, -0.2) is 6.54 Å². The standard InChI is InChI=1S/C9H17N/c1-3-5-9(6-4-2)7-8-10/h3-4,9H,1-2,5-8,10H2. The Morgan fingerprint density at radius 2 is 1.70 bits per heavy atom. The third-order valence-corrected chi connectivity index (χ3v) is 1.57. The van der Waals surface area contributed by atoms with Crippen molar-refractivity contribution < 1.29 is 0 Å². The third-order valence-electron chi connectivity index (χ3n) is 1.57. The SMILES string of the molecule is C=CCC(CC=C)CCN. The molecule has 0 aliphatic carbocycles. The Labute approximate surface area is 63.6 Å². The van der Waals surface area contributed by atoms with Crippen LogP contribution >= 0.6 is 0 Å². The van der Waals surface area contributed by atoms with Crippen LogP contribution in [0.15, 0.2) is 25.3 Å². The fourth-order valence-electron chi connectivity index (χ4n) is 1.04. The number of nitrogens with two attached hydrogens (primary N) is 1. The molecular weight excluding hydrogens is 122 g/mol. The van der Waals surface area contributed by atoms with E-state index in [1.54, 1.807) is 0 Å². The fraction of sp³-hybridized carbons (Fsp3) is 0.556. The summed E-state index contributed by atoms with van der Waals surface area (Å²) in [6.45, 7) is 8.15. The Hall–Kier alpha value is -0.560. The predicted molar refractivity (Wildman–Crippen MR) is 46.8 cm³/mol. The summed E-state index contributed by atoms with van der Waals surface area (Å²) in [4.78, 5) is 0. The van der Waals surface area contributed by atoms with E-state index in [0.717, 1.165) is 25.8 Å². The zero-order valence-electron chi connectivity index (χ0n) is 6.55. The zero-order valence-corrected chi connectivity index (χ0v) is 6.55. The second-order valence-electron chi connectivity index (χ2n) is 2.49. The van der Waals surface area contributed by atoms with Gasteiger partial charge in [-0.05, 0) is 31.7 Å². The quantitative estimate of drug-likeness (QED) is 0.560. The van der Waals surface area contributed by atoms with E-state index in [-0.39, 0.29) is 0 Å². The normalized spacial score (nSPS) is 9.80. The van der Waals surface area contributed by atoms with Gasteiger partial charge in [0.15, 0.2) is 0 Å². The van der Waals surface area contributed by atoms with Crippen LogP contribution in [0, 0.1) is 5.92 Å². The van der Waals surface area contributed by atoms with E-state index in [1.165, 1.54) is 0 Å². The molecule has 0 atom stereocenters. The van der Waals surface area contributed by atoms with Crippen molar-refractivity contribution >= 4 is 0 Å². The van der Waals surface area contributed by atoms with Crippen molar-refractivity contribution in [1.82, 2.24) is 0 Å². The molecule has 0 aromatic carbocycles. The van der Waals surface area contributed by atoms with Crippen LogP contribution in [0.1, 0.15) is 19.3 Å². The summed E-state index contributed by atoms with van der Waals surface area (Å²) in [5.74, 6) is 0.667. The molecule has 0 rings (SSSR count).